The molecule has 0 aromatic rings. The van der Waals surface area contributed by atoms with Gasteiger partial charge in [0.25, 0.3) is 0 Å². The number of nitrogens with zero attached hydrogens (tertiary/aromatic N) is 1. The van der Waals surface area contributed by atoms with E-state index in [-0.39, 0.29) is 11.8 Å². The van der Waals surface area contributed by atoms with E-state index in [1.807, 2.05) is 0 Å². The van der Waals surface area contributed by atoms with Gasteiger partial charge in [0.2, 0.25) is 17.7 Å². The molecule has 6 nitrogen and oxygen atoms in total. The molecule has 0 spiro atoms. The van der Waals surface area contributed by atoms with E-state index in [0.29, 0.717) is 31.8 Å². The average molecular weight is 297 g/mol. The molecular weight excluding hydrogens is 270 g/mol. The second kappa shape index (κ2) is 8.64. The van der Waals surface area contributed by atoms with Crippen molar-refractivity contribution in [1.29, 1.82) is 0 Å². The second-order valence-corrected chi connectivity index (χ2v) is 5.80. The zero-order chi connectivity index (χ0) is 15.8. The highest BCUT2D eigenvalue weighted by Crippen LogP contribution is 2.25. The molecule has 0 aliphatic carbocycles. The molecule has 1 rings (SSSR count). The highest BCUT2D eigenvalue weighted by Gasteiger charge is 2.35. The van der Waals surface area contributed by atoms with E-state index in [2.05, 4.69) is 12.2 Å². The van der Waals surface area contributed by atoms with Crippen molar-refractivity contribution in [3.63, 3.8) is 0 Å². The topological polar surface area (TPSA) is 92.5 Å². The number of unbranched alkanes of at least 4 members (excludes halogenated alkanes) is 1. The highest BCUT2D eigenvalue weighted by atomic mass is 16.2. The lowest BCUT2D eigenvalue weighted by molar-refractivity contribution is -0.136. The summed E-state index contributed by atoms with van der Waals surface area (Å²) < 4.78 is 0. The number of hydrogen-bond donors (Lipinski definition) is 2. The molecule has 0 radical (unpaired) electrons. The first-order valence-electron chi connectivity index (χ1n) is 7.78. The molecule has 0 bridgehead atoms. The molecule has 2 atom stereocenters. The van der Waals surface area contributed by atoms with Crippen LogP contribution < -0.4 is 11.1 Å². The van der Waals surface area contributed by atoms with E-state index >= 15 is 0 Å². The van der Waals surface area contributed by atoms with Crippen LogP contribution in [0.3, 0.4) is 0 Å². The van der Waals surface area contributed by atoms with E-state index in [9.17, 15) is 14.4 Å². The van der Waals surface area contributed by atoms with Crippen molar-refractivity contribution in [2.75, 3.05) is 13.1 Å². The smallest absolute Gasteiger partial charge is 0.240 e. The average Bonchev–Trinajstić information content (AvgIpc) is 2.74. The number of hydrogen-bond acceptors (Lipinski definition) is 3. The van der Waals surface area contributed by atoms with Gasteiger partial charge in [0.1, 0.15) is 6.04 Å². The lowest BCUT2D eigenvalue weighted by atomic mass is 10.0. The lowest BCUT2D eigenvalue weighted by Gasteiger charge is -2.25. The molecule has 1 aliphatic rings. The number of amides is 3. The third kappa shape index (κ3) is 5.73. The van der Waals surface area contributed by atoms with Crippen molar-refractivity contribution in [3.8, 4) is 0 Å². The molecule has 0 aromatic heterocycles. The molecule has 1 heterocycles. The zero-order valence-electron chi connectivity index (χ0n) is 13.1. The van der Waals surface area contributed by atoms with E-state index in [0.717, 1.165) is 25.7 Å². The van der Waals surface area contributed by atoms with Crippen molar-refractivity contribution in [2.24, 2.45) is 11.7 Å². The molecule has 6 heteroatoms. The van der Waals surface area contributed by atoms with Crippen LogP contribution in [0.1, 0.15) is 52.4 Å². The monoisotopic (exact) mass is 297 g/mol. The first-order chi connectivity index (χ1) is 9.95. The first-order valence-corrected chi connectivity index (χ1v) is 7.78. The van der Waals surface area contributed by atoms with Crippen LogP contribution >= 0.6 is 0 Å². The molecule has 3 amide bonds. The minimum Gasteiger partial charge on any atom is -0.368 e. The first kappa shape index (κ1) is 17.5. The van der Waals surface area contributed by atoms with Crippen LogP contribution in [0.5, 0.6) is 0 Å². The molecule has 2 unspecified atom stereocenters. The Hall–Kier alpha value is -1.59. The summed E-state index contributed by atoms with van der Waals surface area (Å²) in [5, 5.41) is 2.71. The zero-order valence-corrected chi connectivity index (χ0v) is 13.1. The molecular formula is C15H27N3O3. The third-order valence-electron chi connectivity index (χ3n) is 3.92. The van der Waals surface area contributed by atoms with Crippen LogP contribution in [0.2, 0.25) is 0 Å². The Bertz CT molecular complexity index is 384. The maximum absolute atomic E-state index is 12.0. The standard InChI is InChI=1S/C15H27N3O3/c1-3-6-12-9-14(20)18(10-12)13(15(16)21)7-4-5-8-17-11(2)19/h12-13H,3-10H2,1-2H3,(H2,16,21)(H,17,19). The van der Waals surface area contributed by atoms with E-state index in [1.54, 1.807) is 4.90 Å². The number of primary amides is 1. The summed E-state index contributed by atoms with van der Waals surface area (Å²) in [6.07, 6.45) is 4.70. The number of likely N-dealkylation sites (tertiary alicyclic amines) is 1. The van der Waals surface area contributed by atoms with Gasteiger partial charge >= 0.3 is 0 Å². The number of nitrogens with one attached hydrogen (secondary N) is 1. The van der Waals surface area contributed by atoms with Gasteiger partial charge in [0.05, 0.1) is 0 Å². The summed E-state index contributed by atoms with van der Waals surface area (Å²) in [7, 11) is 0. The number of rotatable bonds is 9. The molecule has 120 valence electrons. The summed E-state index contributed by atoms with van der Waals surface area (Å²) in [4.78, 5) is 36.1. The van der Waals surface area contributed by atoms with Gasteiger partial charge in [-0.2, -0.15) is 0 Å². The van der Waals surface area contributed by atoms with Crippen molar-refractivity contribution < 1.29 is 14.4 Å². The van der Waals surface area contributed by atoms with Crippen LogP contribution in [0.15, 0.2) is 0 Å². The summed E-state index contributed by atoms with van der Waals surface area (Å²) >= 11 is 0. The number of nitrogens with two attached hydrogens (primary N) is 1. The number of carbonyl (C=O) groups excluding carboxylic acids is 3. The molecule has 0 saturated carbocycles. The van der Waals surface area contributed by atoms with Crippen molar-refractivity contribution in [3.05, 3.63) is 0 Å². The van der Waals surface area contributed by atoms with Gasteiger partial charge in [-0.25, -0.2) is 0 Å². The summed E-state index contributed by atoms with van der Waals surface area (Å²) in [5.41, 5.74) is 5.46. The molecule has 1 aliphatic heterocycles. The van der Waals surface area contributed by atoms with E-state index in [4.69, 9.17) is 5.73 Å². The fourth-order valence-electron chi connectivity index (χ4n) is 2.89. The third-order valence-corrected chi connectivity index (χ3v) is 3.92. The summed E-state index contributed by atoms with van der Waals surface area (Å²) in [5.74, 6) is -0.0959. The molecule has 0 aromatic carbocycles. The Balaban J connectivity index is 2.44. The van der Waals surface area contributed by atoms with Gasteiger partial charge < -0.3 is 16.0 Å². The number of carbonyl (C=O) groups is 3. The SMILES string of the molecule is CCCC1CC(=O)N(C(CCCCNC(C)=O)C(N)=O)C1. The van der Waals surface area contributed by atoms with Crippen molar-refractivity contribution >= 4 is 17.7 Å². The van der Waals surface area contributed by atoms with Gasteiger partial charge in [-0.3, -0.25) is 14.4 Å². The lowest BCUT2D eigenvalue weighted by Crippen LogP contribution is -2.45. The van der Waals surface area contributed by atoms with Gasteiger partial charge in [0.15, 0.2) is 0 Å². The normalized spacial score (nSPS) is 19.6. The maximum atomic E-state index is 12.0. The second-order valence-electron chi connectivity index (χ2n) is 5.80. The van der Waals surface area contributed by atoms with Crippen LogP contribution in [-0.4, -0.2) is 41.8 Å². The van der Waals surface area contributed by atoms with Gasteiger partial charge in [0, 0.05) is 26.4 Å². The van der Waals surface area contributed by atoms with Gasteiger partial charge in [-0.15, -0.1) is 0 Å². The quantitative estimate of drug-likeness (QED) is 0.616. The Morgan fingerprint density at radius 1 is 1.43 bits per heavy atom. The largest absolute Gasteiger partial charge is 0.368 e. The Morgan fingerprint density at radius 2 is 2.14 bits per heavy atom. The van der Waals surface area contributed by atoms with Crippen LogP contribution in [0, 0.1) is 5.92 Å². The Morgan fingerprint density at radius 3 is 2.71 bits per heavy atom. The predicted octanol–water partition coefficient (Wildman–Crippen LogP) is 0.795. The Labute approximate surface area is 126 Å². The highest BCUT2D eigenvalue weighted by molar-refractivity contribution is 5.87. The molecule has 21 heavy (non-hydrogen) atoms. The molecule has 3 N–H and O–H groups in total. The van der Waals surface area contributed by atoms with Crippen LogP contribution in [0.25, 0.3) is 0 Å². The molecule has 1 saturated heterocycles. The fourth-order valence-corrected chi connectivity index (χ4v) is 2.89. The minimum absolute atomic E-state index is 0.0408. The van der Waals surface area contributed by atoms with Gasteiger partial charge in [-0.1, -0.05) is 13.3 Å². The predicted molar refractivity (Wildman–Crippen MR) is 80.2 cm³/mol. The maximum Gasteiger partial charge on any atom is 0.240 e. The van der Waals surface area contributed by atoms with Crippen LogP contribution in [-0.2, 0) is 14.4 Å². The van der Waals surface area contributed by atoms with Gasteiger partial charge in [-0.05, 0) is 31.6 Å². The van der Waals surface area contributed by atoms with E-state index < -0.39 is 11.9 Å². The van der Waals surface area contributed by atoms with Crippen molar-refractivity contribution in [1.82, 2.24) is 10.2 Å². The minimum atomic E-state index is -0.503. The van der Waals surface area contributed by atoms with Crippen molar-refractivity contribution in [2.45, 2.75) is 58.4 Å². The van der Waals surface area contributed by atoms with E-state index in [1.165, 1.54) is 6.92 Å². The Kier molecular flexibility index (Phi) is 7.19. The molecule has 1 fully saturated rings. The summed E-state index contributed by atoms with van der Waals surface area (Å²) in [6.45, 7) is 4.81. The fraction of sp³-hybridized carbons (Fsp3) is 0.800. The van der Waals surface area contributed by atoms with Crippen LogP contribution in [0.4, 0.5) is 0 Å². The summed E-state index contributed by atoms with van der Waals surface area (Å²) in [6, 6.07) is -0.503.